The SMILES string of the molecule is CC1CCC(C(=O)NCc2ccc(S(N)(=O)=O)s2)O1. The van der Waals surface area contributed by atoms with Gasteiger partial charge in [-0.25, -0.2) is 13.6 Å². The van der Waals surface area contributed by atoms with Gasteiger partial charge in [0.15, 0.2) is 0 Å². The molecule has 0 saturated carbocycles. The van der Waals surface area contributed by atoms with Gasteiger partial charge in [-0.3, -0.25) is 4.79 Å². The van der Waals surface area contributed by atoms with E-state index in [1.807, 2.05) is 6.92 Å². The molecular formula is C11H16N2O4S2. The Morgan fingerprint density at radius 3 is 2.79 bits per heavy atom. The van der Waals surface area contributed by atoms with E-state index in [1.165, 1.54) is 6.07 Å². The molecule has 1 aliphatic rings. The van der Waals surface area contributed by atoms with Gasteiger partial charge in [-0.15, -0.1) is 11.3 Å². The second-order valence-electron chi connectivity index (χ2n) is 4.50. The summed E-state index contributed by atoms with van der Waals surface area (Å²) in [5.41, 5.74) is 0. The van der Waals surface area contributed by atoms with E-state index in [9.17, 15) is 13.2 Å². The summed E-state index contributed by atoms with van der Waals surface area (Å²) in [6.07, 6.45) is 1.33. The summed E-state index contributed by atoms with van der Waals surface area (Å²) in [6.45, 7) is 2.22. The lowest BCUT2D eigenvalue weighted by Gasteiger charge is -2.10. The number of thiophene rings is 1. The largest absolute Gasteiger partial charge is 0.365 e. The zero-order chi connectivity index (χ0) is 14.0. The molecule has 6 nitrogen and oxygen atoms in total. The molecule has 1 aliphatic heterocycles. The van der Waals surface area contributed by atoms with E-state index in [4.69, 9.17) is 9.88 Å². The molecule has 0 aliphatic carbocycles. The first-order valence-corrected chi connectivity index (χ1v) is 8.27. The Labute approximate surface area is 116 Å². The lowest BCUT2D eigenvalue weighted by molar-refractivity contribution is -0.131. The summed E-state index contributed by atoms with van der Waals surface area (Å²) in [5.74, 6) is -0.157. The van der Waals surface area contributed by atoms with Crippen molar-refractivity contribution in [1.82, 2.24) is 5.32 Å². The number of nitrogens with two attached hydrogens (primary N) is 1. The first-order valence-electron chi connectivity index (χ1n) is 5.91. The Bertz CT molecular complexity index is 567. The highest BCUT2D eigenvalue weighted by Gasteiger charge is 2.27. The van der Waals surface area contributed by atoms with Crippen LogP contribution < -0.4 is 10.5 Å². The number of hydrogen-bond donors (Lipinski definition) is 2. The van der Waals surface area contributed by atoms with Crippen molar-refractivity contribution in [1.29, 1.82) is 0 Å². The molecule has 19 heavy (non-hydrogen) atoms. The fourth-order valence-corrected chi connectivity index (χ4v) is 3.61. The number of carbonyl (C=O) groups excluding carboxylic acids is 1. The number of carbonyl (C=O) groups is 1. The Hall–Kier alpha value is -0.960. The van der Waals surface area contributed by atoms with E-state index >= 15 is 0 Å². The Morgan fingerprint density at radius 2 is 2.26 bits per heavy atom. The molecule has 2 heterocycles. The highest BCUT2D eigenvalue weighted by atomic mass is 32.2. The van der Waals surface area contributed by atoms with Crippen LogP contribution in [0.5, 0.6) is 0 Å². The predicted octanol–water partition coefficient (Wildman–Crippen LogP) is 0.579. The Kier molecular flexibility index (Phi) is 4.24. The molecule has 1 aromatic heterocycles. The maximum atomic E-state index is 11.8. The first kappa shape index (κ1) is 14.4. The van der Waals surface area contributed by atoms with Gasteiger partial charge in [0.2, 0.25) is 15.9 Å². The second kappa shape index (κ2) is 5.58. The van der Waals surface area contributed by atoms with Crippen LogP contribution in [0.3, 0.4) is 0 Å². The number of ether oxygens (including phenoxy) is 1. The van der Waals surface area contributed by atoms with Crippen LogP contribution in [0.4, 0.5) is 0 Å². The van der Waals surface area contributed by atoms with E-state index in [1.54, 1.807) is 6.07 Å². The molecular weight excluding hydrogens is 288 g/mol. The average molecular weight is 304 g/mol. The van der Waals surface area contributed by atoms with Crippen LogP contribution in [0, 0.1) is 0 Å². The van der Waals surface area contributed by atoms with Crippen molar-refractivity contribution in [3.05, 3.63) is 17.0 Å². The fourth-order valence-electron chi connectivity index (χ4n) is 1.89. The third-order valence-electron chi connectivity index (χ3n) is 2.88. The smallest absolute Gasteiger partial charge is 0.249 e. The molecule has 1 saturated heterocycles. The minimum absolute atomic E-state index is 0.0995. The summed E-state index contributed by atoms with van der Waals surface area (Å²) in [4.78, 5) is 12.5. The van der Waals surface area contributed by atoms with E-state index in [-0.39, 0.29) is 22.8 Å². The minimum atomic E-state index is -3.66. The first-order chi connectivity index (χ1) is 8.86. The van der Waals surface area contributed by atoms with Gasteiger partial charge >= 0.3 is 0 Å². The van der Waals surface area contributed by atoms with Gasteiger partial charge in [-0.05, 0) is 31.9 Å². The van der Waals surface area contributed by atoms with Gasteiger partial charge < -0.3 is 10.1 Å². The lowest BCUT2D eigenvalue weighted by Crippen LogP contribution is -2.33. The monoisotopic (exact) mass is 304 g/mol. The lowest BCUT2D eigenvalue weighted by atomic mass is 10.2. The number of rotatable bonds is 4. The summed E-state index contributed by atoms with van der Waals surface area (Å²) < 4.78 is 27.8. The van der Waals surface area contributed by atoms with Gasteiger partial charge in [0, 0.05) is 4.88 Å². The van der Waals surface area contributed by atoms with Crippen LogP contribution in [-0.4, -0.2) is 26.5 Å². The zero-order valence-electron chi connectivity index (χ0n) is 10.5. The molecule has 0 aromatic carbocycles. The molecule has 1 amide bonds. The van der Waals surface area contributed by atoms with Crippen LogP contribution in [0.25, 0.3) is 0 Å². The van der Waals surface area contributed by atoms with E-state index in [2.05, 4.69) is 5.32 Å². The minimum Gasteiger partial charge on any atom is -0.365 e. The molecule has 1 fully saturated rings. The Morgan fingerprint density at radius 1 is 1.53 bits per heavy atom. The molecule has 8 heteroatoms. The van der Waals surface area contributed by atoms with Crippen molar-refractivity contribution in [3.8, 4) is 0 Å². The van der Waals surface area contributed by atoms with E-state index in [0.717, 1.165) is 29.1 Å². The molecule has 0 radical (unpaired) electrons. The molecule has 2 rings (SSSR count). The van der Waals surface area contributed by atoms with E-state index in [0.29, 0.717) is 0 Å². The van der Waals surface area contributed by atoms with Crippen LogP contribution >= 0.6 is 11.3 Å². The van der Waals surface area contributed by atoms with Crippen LogP contribution in [0.15, 0.2) is 16.3 Å². The maximum absolute atomic E-state index is 11.8. The zero-order valence-corrected chi connectivity index (χ0v) is 12.1. The van der Waals surface area contributed by atoms with Crippen LogP contribution in [-0.2, 0) is 26.1 Å². The molecule has 3 N–H and O–H groups in total. The van der Waals surface area contributed by atoms with Crippen LogP contribution in [0.2, 0.25) is 0 Å². The van der Waals surface area contributed by atoms with Crippen molar-refractivity contribution < 1.29 is 17.9 Å². The number of amides is 1. The van der Waals surface area contributed by atoms with E-state index < -0.39 is 16.1 Å². The highest BCUT2D eigenvalue weighted by Crippen LogP contribution is 2.21. The predicted molar refractivity (Wildman–Crippen MR) is 71.1 cm³/mol. The van der Waals surface area contributed by atoms with Gasteiger partial charge in [0.05, 0.1) is 12.6 Å². The third-order valence-corrected chi connectivity index (χ3v) is 5.40. The number of nitrogens with one attached hydrogen (secondary N) is 1. The second-order valence-corrected chi connectivity index (χ2v) is 7.45. The molecule has 106 valence electrons. The molecule has 2 atom stereocenters. The highest BCUT2D eigenvalue weighted by molar-refractivity contribution is 7.91. The number of hydrogen-bond acceptors (Lipinski definition) is 5. The summed E-state index contributed by atoms with van der Waals surface area (Å²) in [6, 6.07) is 3.08. The van der Waals surface area contributed by atoms with Crippen molar-refractivity contribution in [2.45, 2.75) is 42.7 Å². The summed E-state index contributed by atoms with van der Waals surface area (Å²) in [7, 11) is -3.66. The molecule has 1 aromatic rings. The van der Waals surface area contributed by atoms with Gasteiger partial charge in [0.25, 0.3) is 0 Å². The van der Waals surface area contributed by atoms with Gasteiger partial charge in [-0.2, -0.15) is 0 Å². The molecule has 0 bridgehead atoms. The quantitative estimate of drug-likeness (QED) is 0.850. The van der Waals surface area contributed by atoms with Crippen molar-refractivity contribution in [2.75, 3.05) is 0 Å². The summed E-state index contributed by atoms with van der Waals surface area (Å²) in [5, 5.41) is 7.75. The van der Waals surface area contributed by atoms with Crippen molar-refractivity contribution in [3.63, 3.8) is 0 Å². The summed E-state index contributed by atoms with van der Waals surface area (Å²) >= 11 is 1.06. The standard InChI is InChI=1S/C11H16N2O4S2/c1-7-2-4-9(17-7)11(14)13-6-8-3-5-10(18-8)19(12,15)16/h3,5,7,9H,2,4,6H2,1H3,(H,13,14)(H2,12,15,16). The van der Waals surface area contributed by atoms with Gasteiger partial charge in [-0.1, -0.05) is 0 Å². The number of sulfonamides is 1. The average Bonchev–Trinajstić information content (AvgIpc) is 2.93. The fraction of sp³-hybridized carbons (Fsp3) is 0.545. The molecule has 2 unspecified atom stereocenters. The normalized spacial score (nSPS) is 23.5. The Balaban J connectivity index is 1.89. The topological polar surface area (TPSA) is 98.5 Å². The van der Waals surface area contributed by atoms with Crippen molar-refractivity contribution >= 4 is 27.3 Å². The van der Waals surface area contributed by atoms with Gasteiger partial charge in [0.1, 0.15) is 10.3 Å². The number of primary sulfonamides is 1. The van der Waals surface area contributed by atoms with Crippen LogP contribution in [0.1, 0.15) is 24.6 Å². The van der Waals surface area contributed by atoms with Crippen molar-refractivity contribution in [2.24, 2.45) is 5.14 Å². The third kappa shape index (κ3) is 3.75. The molecule has 0 spiro atoms. The maximum Gasteiger partial charge on any atom is 0.249 e.